The van der Waals surface area contributed by atoms with Crippen LogP contribution in [0.4, 0.5) is 39.5 Å². The molecule has 1 unspecified atom stereocenters. The Morgan fingerprint density at radius 3 is 1.85 bits per heavy atom. The topological polar surface area (TPSA) is 12.9 Å². The molecule has 1 nitrogen and oxygen atoms in total. The minimum Gasteiger partial charge on any atom is -0.264 e. The molecule has 0 amide bonds. The average Bonchev–Trinajstić information content (AvgIpc) is 2.51. The van der Waals surface area contributed by atoms with Crippen molar-refractivity contribution in [1.82, 2.24) is 4.98 Å². The van der Waals surface area contributed by atoms with Crippen molar-refractivity contribution in [2.45, 2.75) is 37.8 Å². The summed E-state index contributed by atoms with van der Waals surface area (Å²) >= 11 is 0. The van der Waals surface area contributed by atoms with Crippen molar-refractivity contribution in [2.75, 3.05) is 0 Å². The van der Waals surface area contributed by atoms with E-state index in [4.69, 9.17) is 0 Å². The molecule has 1 aromatic carbocycles. The highest BCUT2D eigenvalue weighted by atomic mass is 19.4. The largest absolute Gasteiger partial charge is 0.457 e. The molecular weight excluding hydrogens is 389 g/mol. The van der Waals surface area contributed by atoms with E-state index >= 15 is 0 Å². The Labute approximate surface area is 147 Å². The first-order chi connectivity index (χ1) is 12.1. The second-order valence-corrected chi connectivity index (χ2v) is 5.97. The van der Waals surface area contributed by atoms with Crippen LogP contribution in [0.2, 0.25) is 0 Å². The van der Waals surface area contributed by atoms with E-state index in [2.05, 4.69) is 4.98 Å². The van der Waals surface area contributed by atoms with Crippen molar-refractivity contribution in [2.24, 2.45) is 0 Å². The molecule has 1 aromatic heterocycles. The van der Waals surface area contributed by atoms with Crippen molar-refractivity contribution >= 4 is 0 Å². The van der Waals surface area contributed by atoms with Gasteiger partial charge in [0.05, 0.1) is 0 Å². The number of pyridine rings is 1. The van der Waals surface area contributed by atoms with Crippen LogP contribution in [0.1, 0.15) is 16.7 Å². The van der Waals surface area contributed by atoms with Gasteiger partial charge in [-0.2, -0.15) is 35.1 Å². The number of hydrogen-bond acceptors (Lipinski definition) is 1. The highest BCUT2D eigenvalue weighted by Gasteiger charge is 2.82. The van der Waals surface area contributed by atoms with Crippen LogP contribution in [-0.4, -0.2) is 23.3 Å². The van der Waals surface area contributed by atoms with Crippen molar-refractivity contribution in [3.63, 3.8) is 0 Å². The molecule has 148 valence electrons. The number of rotatable bonds is 3. The minimum absolute atomic E-state index is 0.109. The van der Waals surface area contributed by atoms with Gasteiger partial charge >= 0.3 is 23.9 Å². The van der Waals surface area contributed by atoms with Gasteiger partial charge in [-0.25, -0.2) is 4.39 Å². The van der Waals surface area contributed by atoms with Crippen molar-refractivity contribution < 1.29 is 39.5 Å². The monoisotopic (exact) mass is 401 g/mol. The maximum atomic E-state index is 15.0. The van der Waals surface area contributed by atoms with Crippen LogP contribution >= 0.6 is 0 Å². The molecule has 0 saturated heterocycles. The molecule has 0 aliphatic rings. The third kappa shape index (κ3) is 3.25. The lowest BCUT2D eigenvalue weighted by atomic mass is 9.80. The lowest BCUT2D eigenvalue weighted by Crippen LogP contribution is -2.60. The zero-order chi connectivity index (χ0) is 20.8. The number of aryl methyl sites for hydroxylation is 2. The normalized spacial score (nSPS) is 15.5. The second-order valence-electron chi connectivity index (χ2n) is 5.97. The molecule has 2 aromatic rings. The van der Waals surface area contributed by atoms with Crippen LogP contribution in [-0.2, 0) is 5.67 Å². The first kappa shape index (κ1) is 21.0. The van der Waals surface area contributed by atoms with Gasteiger partial charge in [0.15, 0.2) is 0 Å². The highest BCUT2D eigenvalue weighted by Crippen LogP contribution is 2.60. The molecule has 0 bridgehead atoms. The zero-order valence-corrected chi connectivity index (χ0v) is 13.8. The predicted octanol–water partition coefficient (Wildman–Crippen LogP) is 6.29. The molecule has 0 aliphatic carbocycles. The summed E-state index contributed by atoms with van der Waals surface area (Å²) in [4.78, 5) is 3.61. The lowest BCUT2D eigenvalue weighted by molar-refractivity contribution is -0.389. The Morgan fingerprint density at radius 2 is 1.41 bits per heavy atom. The van der Waals surface area contributed by atoms with E-state index in [1.54, 1.807) is 0 Å². The van der Waals surface area contributed by atoms with E-state index in [-0.39, 0.29) is 16.7 Å². The van der Waals surface area contributed by atoms with Gasteiger partial charge in [0.25, 0.3) is 0 Å². The molecule has 0 fully saturated rings. The summed E-state index contributed by atoms with van der Waals surface area (Å²) in [5, 5.41) is 0. The molecule has 0 spiro atoms. The minimum atomic E-state index is -6.78. The molecule has 2 rings (SSSR count). The van der Waals surface area contributed by atoms with E-state index < -0.39 is 35.1 Å². The van der Waals surface area contributed by atoms with Gasteiger partial charge in [-0.1, -0.05) is 23.8 Å². The standard InChI is InChI=1S/C17H12F9N/c1-9-6-10(2)13(11-4-3-5-27-8-11)12(7-9)14(18,16(21,22)23)15(19,20)17(24,25)26/h3-8H,1-2H3. The average molecular weight is 401 g/mol. The Kier molecular flexibility index (Phi) is 5.00. The van der Waals surface area contributed by atoms with Gasteiger partial charge in [0, 0.05) is 23.5 Å². The Bertz CT molecular complexity index is 825. The van der Waals surface area contributed by atoms with Crippen LogP contribution in [0, 0.1) is 13.8 Å². The van der Waals surface area contributed by atoms with Gasteiger partial charge in [-0.05, 0) is 31.0 Å². The number of halogens is 9. The van der Waals surface area contributed by atoms with Gasteiger partial charge in [-0.3, -0.25) is 4.98 Å². The van der Waals surface area contributed by atoms with Gasteiger partial charge in [0.1, 0.15) is 0 Å². The summed E-state index contributed by atoms with van der Waals surface area (Å²) in [6.45, 7) is 2.34. The number of hydrogen-bond donors (Lipinski definition) is 0. The second kappa shape index (κ2) is 6.42. The first-order valence-corrected chi connectivity index (χ1v) is 7.37. The SMILES string of the molecule is Cc1cc(C)c(-c2cccnc2)c(C(F)(C(F)(F)F)C(F)(F)C(F)(F)F)c1. The highest BCUT2D eigenvalue weighted by molar-refractivity contribution is 5.72. The van der Waals surface area contributed by atoms with Crippen LogP contribution in [0.3, 0.4) is 0 Å². The van der Waals surface area contributed by atoms with E-state index in [1.165, 1.54) is 25.3 Å². The Morgan fingerprint density at radius 1 is 0.815 bits per heavy atom. The molecule has 1 heterocycles. The fraction of sp³-hybridized carbons (Fsp3) is 0.353. The summed E-state index contributed by atoms with van der Waals surface area (Å²) in [5.41, 5.74) is -8.99. The molecule has 1 atom stereocenters. The lowest BCUT2D eigenvalue weighted by Gasteiger charge is -2.37. The fourth-order valence-corrected chi connectivity index (χ4v) is 2.83. The van der Waals surface area contributed by atoms with Gasteiger partial charge in [0.2, 0.25) is 0 Å². The molecule has 0 radical (unpaired) electrons. The number of nitrogens with zero attached hydrogens (tertiary/aromatic N) is 1. The fourth-order valence-electron chi connectivity index (χ4n) is 2.83. The summed E-state index contributed by atoms with van der Waals surface area (Å²) < 4.78 is 121. The number of benzene rings is 1. The zero-order valence-electron chi connectivity index (χ0n) is 13.8. The molecular formula is C17H12F9N. The van der Waals surface area contributed by atoms with Crippen LogP contribution < -0.4 is 0 Å². The Hall–Kier alpha value is -2.26. The van der Waals surface area contributed by atoms with Gasteiger partial charge in [-0.15, -0.1) is 0 Å². The van der Waals surface area contributed by atoms with E-state index in [9.17, 15) is 39.5 Å². The molecule has 0 aliphatic heterocycles. The number of alkyl halides is 9. The van der Waals surface area contributed by atoms with E-state index in [0.717, 1.165) is 19.2 Å². The summed E-state index contributed by atoms with van der Waals surface area (Å²) in [5.74, 6) is -6.73. The summed E-state index contributed by atoms with van der Waals surface area (Å²) in [6, 6.07) is 3.96. The van der Waals surface area contributed by atoms with E-state index in [1.807, 2.05) is 0 Å². The van der Waals surface area contributed by atoms with Crippen molar-refractivity contribution in [1.29, 1.82) is 0 Å². The van der Waals surface area contributed by atoms with Crippen molar-refractivity contribution in [3.8, 4) is 11.1 Å². The van der Waals surface area contributed by atoms with Gasteiger partial charge < -0.3 is 0 Å². The van der Waals surface area contributed by atoms with Crippen LogP contribution in [0.15, 0.2) is 36.7 Å². The first-order valence-electron chi connectivity index (χ1n) is 7.37. The third-order valence-corrected chi connectivity index (χ3v) is 3.98. The third-order valence-electron chi connectivity index (χ3n) is 3.98. The van der Waals surface area contributed by atoms with Crippen LogP contribution in [0.25, 0.3) is 11.1 Å². The number of aromatic nitrogens is 1. The molecule has 0 saturated carbocycles. The molecule has 10 heteroatoms. The molecule has 27 heavy (non-hydrogen) atoms. The van der Waals surface area contributed by atoms with Crippen LogP contribution in [0.5, 0.6) is 0 Å². The maximum absolute atomic E-state index is 15.0. The summed E-state index contributed by atoms with van der Waals surface area (Å²) in [6.07, 6.45) is -11.2. The maximum Gasteiger partial charge on any atom is 0.457 e. The predicted molar refractivity (Wildman–Crippen MR) is 79.0 cm³/mol. The smallest absolute Gasteiger partial charge is 0.264 e. The molecule has 0 N–H and O–H groups in total. The summed E-state index contributed by atoms with van der Waals surface area (Å²) in [7, 11) is 0. The van der Waals surface area contributed by atoms with Crippen molar-refractivity contribution in [3.05, 3.63) is 53.3 Å². The quantitative estimate of drug-likeness (QED) is 0.551. The Balaban J connectivity index is 2.99. The van der Waals surface area contributed by atoms with E-state index in [0.29, 0.717) is 6.07 Å².